The number of benzene rings is 2. The van der Waals surface area contributed by atoms with Crippen LogP contribution in [0.3, 0.4) is 0 Å². The van der Waals surface area contributed by atoms with Crippen LogP contribution in [-0.2, 0) is 40.3 Å². The fourth-order valence-corrected chi connectivity index (χ4v) is 8.22. The number of hydrogen-bond acceptors (Lipinski definition) is 9. The van der Waals surface area contributed by atoms with E-state index in [-0.39, 0.29) is 24.5 Å². The predicted molar refractivity (Wildman–Crippen MR) is 186 cm³/mol. The smallest absolute Gasteiger partial charge is 0.262 e. The maximum absolute atomic E-state index is 13.5. The lowest BCUT2D eigenvalue weighted by Gasteiger charge is -2.27. The average Bonchev–Trinajstić information content (AvgIpc) is 3.86. The molecule has 0 bridgehead atoms. The van der Waals surface area contributed by atoms with Gasteiger partial charge in [0.15, 0.2) is 5.82 Å². The molecular weight excluding hydrogens is 667 g/mol. The van der Waals surface area contributed by atoms with Gasteiger partial charge in [0.05, 0.1) is 34.4 Å². The number of amides is 4. The summed E-state index contributed by atoms with van der Waals surface area (Å²) in [7, 11) is 0. The lowest BCUT2D eigenvalue weighted by molar-refractivity contribution is -0.136. The molecule has 3 aliphatic rings. The largest absolute Gasteiger partial charge is 0.366 e. The van der Waals surface area contributed by atoms with E-state index in [1.165, 1.54) is 5.56 Å². The number of hydrogen-bond donors (Lipinski definition) is 1. The van der Waals surface area contributed by atoms with Crippen molar-refractivity contribution >= 4 is 35.0 Å². The molecule has 2 atom stereocenters. The van der Waals surface area contributed by atoms with Gasteiger partial charge in [0.25, 0.3) is 11.8 Å². The summed E-state index contributed by atoms with van der Waals surface area (Å²) >= 11 is 1.63. The third kappa shape index (κ3) is 5.96. The van der Waals surface area contributed by atoms with E-state index in [1.54, 1.807) is 29.7 Å². The highest BCUT2D eigenvalue weighted by Gasteiger charge is 2.45. The molecule has 0 aliphatic carbocycles. The molecule has 3 aromatic heterocycles. The Morgan fingerprint density at radius 1 is 1.02 bits per heavy atom. The fraction of sp³-hybridized carbons (Fsp3) is 0.289. The van der Waals surface area contributed by atoms with E-state index >= 15 is 0 Å². The average molecular weight is 700 g/mol. The third-order valence-corrected chi connectivity index (χ3v) is 10.7. The Morgan fingerprint density at radius 3 is 2.69 bits per heavy atom. The monoisotopic (exact) mass is 699 g/mol. The summed E-state index contributed by atoms with van der Waals surface area (Å²) in [6.45, 7) is 4.97. The molecule has 51 heavy (non-hydrogen) atoms. The van der Waals surface area contributed by atoms with E-state index in [0.717, 1.165) is 48.7 Å². The number of rotatable bonds is 7. The maximum atomic E-state index is 13.5. The van der Waals surface area contributed by atoms with Crippen molar-refractivity contribution in [1.82, 2.24) is 34.8 Å². The topological polar surface area (TPSA) is 141 Å². The number of nitrogens with one attached hydrogen (secondary N) is 1. The molecule has 1 saturated heterocycles. The van der Waals surface area contributed by atoms with E-state index in [4.69, 9.17) is 4.74 Å². The highest BCUT2D eigenvalue weighted by molar-refractivity contribution is 7.15. The molecule has 8 rings (SSSR count). The van der Waals surface area contributed by atoms with Gasteiger partial charge >= 0.3 is 0 Å². The molecule has 4 amide bonds. The summed E-state index contributed by atoms with van der Waals surface area (Å²) in [5.74, 6) is 6.32. The first-order valence-corrected chi connectivity index (χ1v) is 17.7. The number of fused-ring (bicyclic) bond motifs is 4. The minimum atomic E-state index is -0.994. The lowest BCUT2D eigenvalue weighted by atomic mass is 9.99. The minimum absolute atomic E-state index is 0.0786. The van der Waals surface area contributed by atoms with Gasteiger partial charge in [0, 0.05) is 24.7 Å². The Bertz CT molecular complexity index is 2290. The molecule has 2 aromatic carbocycles. The number of aromatic nitrogens is 5. The van der Waals surface area contributed by atoms with Gasteiger partial charge in [-0.25, -0.2) is 0 Å². The van der Waals surface area contributed by atoms with Crippen LogP contribution in [0.5, 0.6) is 0 Å². The zero-order valence-electron chi connectivity index (χ0n) is 28.0. The zero-order valence-corrected chi connectivity index (χ0v) is 28.8. The van der Waals surface area contributed by atoms with Crippen molar-refractivity contribution in [3.8, 4) is 16.8 Å². The van der Waals surface area contributed by atoms with Gasteiger partial charge in [-0.1, -0.05) is 54.3 Å². The molecular formula is C38H33N7O5S. The SMILES string of the molecule is Cc1nnc2n1-c1sc(C#Cc3cnn(CCCc4cccc5c4C(=O)N(C4CCC(=O)NC4=O)C5=O)c3)c(Cc3ccccc3)c1CO[C@H]2C. The molecule has 256 valence electrons. The van der Waals surface area contributed by atoms with Crippen LogP contribution in [0.25, 0.3) is 5.00 Å². The third-order valence-electron chi connectivity index (χ3n) is 9.55. The van der Waals surface area contributed by atoms with Gasteiger partial charge in [-0.2, -0.15) is 5.10 Å². The molecule has 0 spiro atoms. The van der Waals surface area contributed by atoms with Crippen LogP contribution in [0, 0.1) is 18.8 Å². The molecule has 5 aromatic rings. The quantitative estimate of drug-likeness (QED) is 0.194. The van der Waals surface area contributed by atoms with Gasteiger partial charge in [-0.15, -0.1) is 21.5 Å². The Labute approximate surface area is 297 Å². The van der Waals surface area contributed by atoms with Crippen molar-refractivity contribution in [3.05, 3.63) is 116 Å². The van der Waals surface area contributed by atoms with Gasteiger partial charge in [-0.05, 0) is 62.3 Å². The van der Waals surface area contributed by atoms with Crippen molar-refractivity contribution in [3.63, 3.8) is 0 Å². The molecule has 1 unspecified atom stereocenters. The number of nitrogens with zero attached hydrogens (tertiary/aromatic N) is 6. The standard InChI is InChI=1S/C38H33N7O5S/c1-22-34-42-41-23(2)44(34)38-29(21-50-22)28(18-24-8-4-3-5-9-24)31(51-38)15-13-25-19-39-43(20-25)17-7-11-26-10-6-12-27-33(26)37(49)45(36(27)48)30-14-16-32(46)40-35(30)47/h3-6,8-10,12,19-20,22,30H,7,11,14,16-18,21H2,1-2H3,(H,40,46,47)/t22-,30?/m0/s1. The summed E-state index contributed by atoms with van der Waals surface area (Å²) in [5.41, 5.74) is 5.55. The zero-order chi connectivity index (χ0) is 35.2. The Morgan fingerprint density at radius 2 is 1.86 bits per heavy atom. The highest BCUT2D eigenvalue weighted by Crippen LogP contribution is 2.39. The van der Waals surface area contributed by atoms with Crippen LogP contribution in [-0.4, -0.2) is 59.1 Å². The Balaban J connectivity index is 0.997. The number of imide groups is 2. The number of ether oxygens (including phenoxy) is 1. The van der Waals surface area contributed by atoms with Crippen molar-refractivity contribution in [2.75, 3.05) is 0 Å². The van der Waals surface area contributed by atoms with Gasteiger partial charge in [0.1, 0.15) is 23.0 Å². The van der Waals surface area contributed by atoms with Crippen molar-refractivity contribution in [1.29, 1.82) is 0 Å². The van der Waals surface area contributed by atoms with Crippen LogP contribution in [0.15, 0.2) is 60.9 Å². The first-order valence-electron chi connectivity index (χ1n) is 16.9. The van der Waals surface area contributed by atoms with E-state index in [0.29, 0.717) is 38.0 Å². The Kier molecular flexibility index (Phi) is 8.41. The van der Waals surface area contributed by atoms with Gasteiger partial charge < -0.3 is 4.74 Å². The number of piperidine rings is 1. The summed E-state index contributed by atoms with van der Waals surface area (Å²) in [6, 6.07) is 14.5. The second-order valence-corrected chi connectivity index (χ2v) is 13.9. The summed E-state index contributed by atoms with van der Waals surface area (Å²) < 4.78 is 10.1. The molecule has 6 heterocycles. The summed E-state index contributed by atoms with van der Waals surface area (Å²) in [5, 5.41) is 16.5. The molecule has 0 radical (unpaired) electrons. The van der Waals surface area contributed by atoms with Gasteiger partial charge in [0.2, 0.25) is 11.8 Å². The summed E-state index contributed by atoms with van der Waals surface area (Å²) in [4.78, 5) is 52.7. The predicted octanol–water partition coefficient (Wildman–Crippen LogP) is 4.45. The molecule has 3 aliphatic heterocycles. The van der Waals surface area contributed by atoms with Crippen LogP contribution in [0.2, 0.25) is 0 Å². The Hall–Kier alpha value is -5.71. The maximum Gasteiger partial charge on any atom is 0.262 e. The molecule has 1 fully saturated rings. The van der Waals surface area contributed by atoms with Crippen LogP contribution >= 0.6 is 11.3 Å². The normalized spacial score (nSPS) is 18.1. The van der Waals surface area contributed by atoms with Crippen LogP contribution in [0.1, 0.15) is 97.3 Å². The number of aryl methyl sites for hydroxylation is 3. The van der Waals surface area contributed by atoms with Gasteiger partial charge in [-0.3, -0.25) is 38.6 Å². The van der Waals surface area contributed by atoms with Crippen LogP contribution < -0.4 is 5.32 Å². The number of thiophene rings is 1. The molecule has 12 nitrogen and oxygen atoms in total. The minimum Gasteiger partial charge on any atom is -0.366 e. The summed E-state index contributed by atoms with van der Waals surface area (Å²) in [6.07, 6.45) is 5.56. The number of carbonyl (C=O) groups excluding carboxylic acids is 4. The van der Waals surface area contributed by atoms with Crippen LogP contribution in [0.4, 0.5) is 0 Å². The van der Waals surface area contributed by atoms with E-state index in [9.17, 15) is 19.2 Å². The van der Waals surface area contributed by atoms with E-state index < -0.39 is 29.7 Å². The first-order chi connectivity index (χ1) is 24.8. The number of carbonyl (C=O) groups is 4. The second-order valence-electron chi connectivity index (χ2n) is 12.9. The van der Waals surface area contributed by atoms with Crippen molar-refractivity contribution in [2.24, 2.45) is 0 Å². The van der Waals surface area contributed by atoms with E-state index in [1.807, 2.05) is 49.0 Å². The van der Waals surface area contributed by atoms with Crippen molar-refractivity contribution in [2.45, 2.75) is 71.2 Å². The molecule has 0 saturated carbocycles. The molecule has 1 N–H and O–H groups in total. The lowest BCUT2D eigenvalue weighted by Crippen LogP contribution is -2.54. The molecule has 13 heteroatoms. The van der Waals surface area contributed by atoms with E-state index in [2.05, 4.69) is 49.2 Å². The fourth-order valence-electron chi connectivity index (χ4n) is 6.98. The van der Waals surface area contributed by atoms with Crippen molar-refractivity contribution < 1.29 is 23.9 Å². The second kappa shape index (κ2) is 13.2. The highest BCUT2D eigenvalue weighted by atomic mass is 32.1. The first kappa shape index (κ1) is 32.5.